The van der Waals surface area contributed by atoms with Gasteiger partial charge in [0.05, 0.1) is 34.4 Å². The molecule has 0 radical (unpaired) electrons. The van der Waals surface area contributed by atoms with Crippen LogP contribution in [-0.2, 0) is 27.9 Å². The fraction of sp³-hybridized carbons (Fsp3) is 0.932. The molecule has 0 aromatic rings. The predicted molar refractivity (Wildman–Crippen MR) is 224 cm³/mol. The second-order valence-electron chi connectivity index (χ2n) is 16.4. The lowest BCUT2D eigenvalue weighted by Gasteiger charge is -2.24. The van der Waals surface area contributed by atoms with Gasteiger partial charge in [-0.15, -0.1) is 0 Å². The van der Waals surface area contributed by atoms with Crippen molar-refractivity contribution in [2.24, 2.45) is 0 Å². The Balaban J connectivity index is 4.21. The second kappa shape index (κ2) is 38.1. The van der Waals surface area contributed by atoms with Crippen molar-refractivity contribution < 1.29 is 37.3 Å². The standard InChI is InChI=1S/C44H88NO7P/c1-6-8-10-12-14-16-18-20-22-24-26-28-30-32-34-36-39-49-41-43(42-51-53(47,48)50-40-38-45(3,4)5)52-44(46)37-35-33-31-29-27-25-23-21-19-17-15-13-11-9-7-2/h20,22,43H,6-19,21,23-42H2,1-5H3/p+1/b22-20-. The van der Waals surface area contributed by atoms with E-state index in [1.54, 1.807) is 0 Å². The van der Waals surface area contributed by atoms with E-state index in [2.05, 4.69) is 26.0 Å². The van der Waals surface area contributed by atoms with Gasteiger partial charge in [0, 0.05) is 13.0 Å². The first-order valence-corrected chi connectivity index (χ1v) is 23.9. The van der Waals surface area contributed by atoms with Gasteiger partial charge in [-0.25, -0.2) is 4.57 Å². The number of esters is 1. The average Bonchev–Trinajstić information content (AvgIpc) is 3.11. The van der Waals surface area contributed by atoms with Crippen molar-refractivity contribution in [2.45, 2.75) is 213 Å². The van der Waals surface area contributed by atoms with Gasteiger partial charge in [0.15, 0.2) is 0 Å². The number of unbranched alkanes of at least 4 members (excludes halogenated alkanes) is 26. The van der Waals surface area contributed by atoms with Crippen molar-refractivity contribution in [2.75, 3.05) is 54.1 Å². The maximum absolute atomic E-state index is 12.7. The Morgan fingerprint density at radius 2 is 0.981 bits per heavy atom. The van der Waals surface area contributed by atoms with Crippen LogP contribution in [-0.4, -0.2) is 75.6 Å². The molecule has 316 valence electrons. The number of likely N-dealkylation sites (N-methyl/N-ethyl adjacent to an activating group) is 1. The highest BCUT2D eigenvalue weighted by molar-refractivity contribution is 7.47. The van der Waals surface area contributed by atoms with E-state index in [1.165, 1.54) is 154 Å². The van der Waals surface area contributed by atoms with E-state index in [0.29, 0.717) is 24.1 Å². The number of rotatable bonds is 42. The fourth-order valence-electron chi connectivity index (χ4n) is 6.31. The summed E-state index contributed by atoms with van der Waals surface area (Å²) in [5, 5.41) is 0. The number of carbonyl (C=O) groups excluding carboxylic acids is 1. The normalized spacial score (nSPS) is 13.8. The number of phosphoric acid groups is 1. The lowest BCUT2D eigenvalue weighted by Crippen LogP contribution is -2.37. The van der Waals surface area contributed by atoms with E-state index < -0.39 is 13.9 Å². The van der Waals surface area contributed by atoms with Crippen molar-refractivity contribution in [3.05, 3.63) is 12.2 Å². The van der Waals surface area contributed by atoms with Crippen LogP contribution in [0.2, 0.25) is 0 Å². The van der Waals surface area contributed by atoms with Crippen molar-refractivity contribution in [1.82, 2.24) is 0 Å². The van der Waals surface area contributed by atoms with Crippen LogP contribution >= 0.6 is 7.82 Å². The van der Waals surface area contributed by atoms with Gasteiger partial charge >= 0.3 is 13.8 Å². The summed E-state index contributed by atoms with van der Waals surface area (Å²) in [6.07, 6.45) is 40.9. The number of nitrogens with zero attached hydrogens (tertiary/aromatic N) is 1. The molecule has 1 N–H and O–H groups in total. The molecule has 2 unspecified atom stereocenters. The number of carbonyl (C=O) groups is 1. The number of hydrogen-bond acceptors (Lipinski definition) is 6. The zero-order valence-electron chi connectivity index (χ0n) is 35.8. The lowest BCUT2D eigenvalue weighted by molar-refractivity contribution is -0.870. The van der Waals surface area contributed by atoms with Crippen molar-refractivity contribution in [3.63, 3.8) is 0 Å². The molecule has 0 spiro atoms. The Morgan fingerprint density at radius 3 is 1.43 bits per heavy atom. The molecule has 0 aromatic heterocycles. The molecule has 0 saturated heterocycles. The molecule has 0 saturated carbocycles. The second-order valence-corrected chi connectivity index (χ2v) is 17.9. The van der Waals surface area contributed by atoms with Crippen LogP contribution in [0.15, 0.2) is 12.2 Å². The topological polar surface area (TPSA) is 91.3 Å². The summed E-state index contributed by atoms with van der Waals surface area (Å²) in [5.41, 5.74) is 0. The third kappa shape index (κ3) is 42.2. The van der Waals surface area contributed by atoms with Crippen LogP contribution in [0.3, 0.4) is 0 Å². The molecule has 0 amide bonds. The van der Waals surface area contributed by atoms with E-state index in [9.17, 15) is 14.3 Å². The highest BCUT2D eigenvalue weighted by Gasteiger charge is 2.26. The molecule has 0 rings (SSSR count). The maximum atomic E-state index is 12.7. The van der Waals surface area contributed by atoms with Crippen molar-refractivity contribution in [1.29, 1.82) is 0 Å². The van der Waals surface area contributed by atoms with Gasteiger partial charge in [-0.2, -0.15) is 0 Å². The molecule has 0 bridgehead atoms. The van der Waals surface area contributed by atoms with Crippen LogP contribution in [0, 0.1) is 0 Å². The number of hydrogen-bond donors (Lipinski definition) is 1. The molecule has 0 aliphatic heterocycles. The van der Waals surface area contributed by atoms with Gasteiger partial charge < -0.3 is 18.9 Å². The van der Waals surface area contributed by atoms with Gasteiger partial charge in [0.1, 0.15) is 19.3 Å². The predicted octanol–water partition coefficient (Wildman–Crippen LogP) is 13.1. The first-order chi connectivity index (χ1) is 25.6. The zero-order valence-corrected chi connectivity index (χ0v) is 36.7. The van der Waals surface area contributed by atoms with Gasteiger partial charge in [0.25, 0.3) is 0 Å². The molecular formula is C44H89NO7P+. The van der Waals surface area contributed by atoms with E-state index in [4.69, 9.17) is 18.5 Å². The smallest absolute Gasteiger partial charge is 0.457 e. The Kier molecular flexibility index (Phi) is 37.6. The zero-order chi connectivity index (χ0) is 39.1. The van der Waals surface area contributed by atoms with Crippen LogP contribution < -0.4 is 0 Å². The van der Waals surface area contributed by atoms with Crippen molar-refractivity contribution >= 4 is 13.8 Å². The fourth-order valence-corrected chi connectivity index (χ4v) is 7.05. The monoisotopic (exact) mass is 775 g/mol. The Morgan fingerprint density at radius 1 is 0.566 bits per heavy atom. The summed E-state index contributed by atoms with van der Waals surface area (Å²) in [7, 11) is 1.67. The molecule has 0 heterocycles. The summed E-state index contributed by atoms with van der Waals surface area (Å²) in [5.74, 6) is -0.312. The quantitative estimate of drug-likeness (QED) is 0.0217. The first-order valence-electron chi connectivity index (χ1n) is 22.4. The number of ether oxygens (including phenoxy) is 2. The van der Waals surface area contributed by atoms with Gasteiger partial charge in [-0.3, -0.25) is 13.8 Å². The van der Waals surface area contributed by atoms with Gasteiger partial charge in [-0.1, -0.05) is 174 Å². The third-order valence-electron chi connectivity index (χ3n) is 9.83. The van der Waals surface area contributed by atoms with Crippen LogP contribution in [0.5, 0.6) is 0 Å². The number of quaternary nitrogens is 1. The van der Waals surface area contributed by atoms with Crippen LogP contribution in [0.4, 0.5) is 0 Å². The minimum atomic E-state index is -4.27. The number of phosphoric ester groups is 1. The highest BCUT2D eigenvalue weighted by Crippen LogP contribution is 2.43. The van der Waals surface area contributed by atoms with Crippen LogP contribution in [0.1, 0.15) is 206 Å². The van der Waals surface area contributed by atoms with Crippen molar-refractivity contribution in [3.8, 4) is 0 Å². The molecule has 8 nitrogen and oxygen atoms in total. The molecule has 9 heteroatoms. The summed E-state index contributed by atoms with van der Waals surface area (Å²) in [4.78, 5) is 22.9. The molecule has 0 aliphatic rings. The molecule has 0 fully saturated rings. The molecule has 0 aliphatic carbocycles. The molecule has 0 aromatic carbocycles. The van der Waals surface area contributed by atoms with Gasteiger partial charge in [-0.05, 0) is 38.5 Å². The summed E-state index contributed by atoms with van der Waals surface area (Å²) < 4.78 is 35.0. The third-order valence-corrected chi connectivity index (χ3v) is 10.8. The Hall–Kier alpha value is -0.760. The molecule has 2 atom stereocenters. The summed E-state index contributed by atoms with van der Waals surface area (Å²) in [6.45, 7) is 5.64. The summed E-state index contributed by atoms with van der Waals surface area (Å²) >= 11 is 0. The summed E-state index contributed by atoms with van der Waals surface area (Å²) in [6, 6.07) is 0. The minimum absolute atomic E-state index is 0.0907. The van der Waals surface area contributed by atoms with Crippen LogP contribution in [0.25, 0.3) is 0 Å². The molecular weight excluding hydrogens is 685 g/mol. The Labute approximate surface area is 329 Å². The van der Waals surface area contributed by atoms with E-state index in [-0.39, 0.29) is 25.8 Å². The maximum Gasteiger partial charge on any atom is 0.472 e. The minimum Gasteiger partial charge on any atom is -0.457 e. The average molecular weight is 775 g/mol. The largest absolute Gasteiger partial charge is 0.472 e. The van der Waals surface area contributed by atoms with Gasteiger partial charge in [0.2, 0.25) is 0 Å². The van der Waals surface area contributed by atoms with E-state index in [1.807, 2.05) is 21.1 Å². The SMILES string of the molecule is CCCCCCCC/C=C\CCCCCCCCOCC(COP(=O)(O)OCC[N+](C)(C)C)OC(=O)CCCCCCCCCCCCCCCCC. The first kappa shape index (κ1) is 52.2. The van der Waals surface area contributed by atoms with E-state index in [0.717, 1.165) is 32.1 Å². The highest BCUT2D eigenvalue weighted by atomic mass is 31.2. The van der Waals surface area contributed by atoms with E-state index >= 15 is 0 Å². The lowest BCUT2D eigenvalue weighted by atomic mass is 10.0. The number of allylic oxidation sites excluding steroid dienone is 2. The Bertz CT molecular complexity index is 863. The molecule has 53 heavy (non-hydrogen) atoms.